The van der Waals surface area contributed by atoms with Gasteiger partial charge < -0.3 is 14.9 Å². The van der Waals surface area contributed by atoms with Crippen LogP contribution < -0.4 is 0 Å². The van der Waals surface area contributed by atoms with E-state index in [-0.39, 0.29) is 6.10 Å². The summed E-state index contributed by atoms with van der Waals surface area (Å²) in [6.07, 6.45) is 6.16. The fraction of sp³-hybridized carbons (Fsp3) is 1.00. The molecule has 0 aromatic carbocycles. The number of aliphatic hydroxyl groups excluding tert-OH is 1. The van der Waals surface area contributed by atoms with Gasteiger partial charge in [-0.25, -0.2) is 0 Å². The van der Waals surface area contributed by atoms with Gasteiger partial charge in [-0.1, -0.05) is 6.92 Å². The third-order valence-corrected chi connectivity index (χ3v) is 4.15. The van der Waals surface area contributed by atoms with Crippen LogP contribution in [0, 0.1) is 0 Å². The van der Waals surface area contributed by atoms with E-state index in [2.05, 4.69) is 16.7 Å². The van der Waals surface area contributed by atoms with Crippen LogP contribution in [-0.2, 0) is 0 Å². The highest BCUT2D eigenvalue weighted by atomic mass is 16.3. The summed E-state index contributed by atoms with van der Waals surface area (Å²) in [4.78, 5) is 5.11. The molecule has 1 atom stereocenters. The van der Waals surface area contributed by atoms with Crippen molar-refractivity contribution in [1.29, 1.82) is 0 Å². The normalized spacial score (nSPS) is 27.4. The van der Waals surface area contributed by atoms with E-state index in [1.807, 2.05) is 0 Å². The van der Waals surface area contributed by atoms with Crippen LogP contribution in [0.25, 0.3) is 0 Å². The van der Waals surface area contributed by atoms with E-state index < -0.39 is 0 Å². The maximum absolute atomic E-state index is 9.64. The van der Waals surface area contributed by atoms with Crippen molar-refractivity contribution < 1.29 is 5.11 Å². The van der Waals surface area contributed by atoms with Crippen molar-refractivity contribution >= 4 is 0 Å². The van der Waals surface area contributed by atoms with Crippen LogP contribution in [0.4, 0.5) is 0 Å². The number of piperidine rings is 1. The Morgan fingerprint density at radius 1 is 1.12 bits per heavy atom. The Bertz CT molecular complexity index is 196. The maximum atomic E-state index is 9.64. The summed E-state index contributed by atoms with van der Waals surface area (Å²) in [7, 11) is 0. The molecule has 2 rings (SSSR count). The topological polar surface area (TPSA) is 26.7 Å². The monoisotopic (exact) mass is 226 g/mol. The van der Waals surface area contributed by atoms with Gasteiger partial charge in [0.25, 0.3) is 0 Å². The van der Waals surface area contributed by atoms with Gasteiger partial charge in [-0.3, -0.25) is 0 Å². The van der Waals surface area contributed by atoms with Gasteiger partial charge in [-0.15, -0.1) is 0 Å². The zero-order valence-electron chi connectivity index (χ0n) is 10.6. The molecule has 2 heterocycles. The molecule has 2 aliphatic rings. The van der Waals surface area contributed by atoms with Crippen LogP contribution in [0.5, 0.6) is 0 Å². The van der Waals surface area contributed by atoms with Gasteiger partial charge in [0.1, 0.15) is 0 Å². The minimum Gasteiger partial charge on any atom is -0.392 e. The summed E-state index contributed by atoms with van der Waals surface area (Å²) < 4.78 is 0. The van der Waals surface area contributed by atoms with E-state index in [1.165, 1.54) is 51.9 Å². The maximum Gasteiger partial charge on any atom is 0.0664 e. The summed E-state index contributed by atoms with van der Waals surface area (Å²) in [6, 6.07) is 0.831. The Labute approximate surface area is 99.4 Å². The van der Waals surface area contributed by atoms with E-state index >= 15 is 0 Å². The Hall–Kier alpha value is -0.120. The molecule has 94 valence electrons. The fourth-order valence-corrected chi connectivity index (χ4v) is 3.00. The minimum atomic E-state index is -0.122. The number of rotatable bonds is 4. The van der Waals surface area contributed by atoms with Gasteiger partial charge in [0.15, 0.2) is 0 Å². The lowest BCUT2D eigenvalue weighted by atomic mass is 10.0. The number of nitrogens with zero attached hydrogens (tertiary/aromatic N) is 2. The van der Waals surface area contributed by atoms with Crippen LogP contribution in [0.15, 0.2) is 0 Å². The predicted molar refractivity (Wildman–Crippen MR) is 66.6 cm³/mol. The molecule has 0 spiro atoms. The first-order valence-electron chi connectivity index (χ1n) is 6.94. The molecule has 0 aromatic rings. The highest BCUT2D eigenvalue weighted by molar-refractivity contribution is 4.82. The first-order chi connectivity index (χ1) is 7.79. The number of aliphatic hydroxyl groups is 1. The highest BCUT2D eigenvalue weighted by Gasteiger charge is 2.26. The van der Waals surface area contributed by atoms with E-state index in [4.69, 9.17) is 0 Å². The van der Waals surface area contributed by atoms with Crippen LogP contribution >= 0.6 is 0 Å². The van der Waals surface area contributed by atoms with Crippen molar-refractivity contribution in [3.05, 3.63) is 0 Å². The molecule has 0 amide bonds. The molecule has 2 aliphatic heterocycles. The Kier molecular flexibility index (Phi) is 4.62. The number of likely N-dealkylation sites (tertiary alicyclic amines) is 2. The van der Waals surface area contributed by atoms with Crippen molar-refractivity contribution in [3.63, 3.8) is 0 Å². The summed E-state index contributed by atoms with van der Waals surface area (Å²) in [5.41, 5.74) is 0. The van der Waals surface area contributed by atoms with Crippen LogP contribution in [-0.4, -0.2) is 59.8 Å². The standard InChI is InChI=1S/C13H26N2O/c1-2-13(16)11-14-9-5-12(6-10-14)15-7-3-4-8-15/h12-13,16H,2-11H2,1H3. The fourth-order valence-electron chi connectivity index (χ4n) is 3.00. The third-order valence-electron chi connectivity index (χ3n) is 4.15. The largest absolute Gasteiger partial charge is 0.392 e. The highest BCUT2D eigenvalue weighted by Crippen LogP contribution is 2.21. The van der Waals surface area contributed by atoms with Crippen molar-refractivity contribution in [2.45, 2.75) is 51.2 Å². The summed E-state index contributed by atoms with van der Waals surface area (Å²) in [5.74, 6) is 0. The quantitative estimate of drug-likeness (QED) is 0.783. The second-order valence-corrected chi connectivity index (χ2v) is 5.34. The SMILES string of the molecule is CCC(O)CN1CCC(N2CCCC2)CC1. The van der Waals surface area contributed by atoms with Crippen LogP contribution in [0.1, 0.15) is 39.0 Å². The number of hydrogen-bond donors (Lipinski definition) is 1. The summed E-state index contributed by atoms with van der Waals surface area (Å²) >= 11 is 0. The second kappa shape index (κ2) is 5.99. The molecule has 16 heavy (non-hydrogen) atoms. The Balaban J connectivity index is 1.69. The molecule has 2 fully saturated rings. The van der Waals surface area contributed by atoms with Crippen LogP contribution in [0.2, 0.25) is 0 Å². The van der Waals surface area contributed by atoms with Gasteiger partial charge in [0.05, 0.1) is 6.10 Å². The van der Waals surface area contributed by atoms with E-state index in [0.29, 0.717) is 0 Å². The smallest absolute Gasteiger partial charge is 0.0664 e. The molecule has 3 nitrogen and oxygen atoms in total. The number of hydrogen-bond acceptors (Lipinski definition) is 3. The lowest BCUT2D eigenvalue weighted by molar-refractivity contribution is 0.0724. The molecule has 1 unspecified atom stereocenters. The minimum absolute atomic E-state index is 0.122. The zero-order valence-corrected chi connectivity index (χ0v) is 10.6. The van der Waals surface area contributed by atoms with Crippen molar-refractivity contribution in [1.82, 2.24) is 9.80 Å². The molecule has 2 saturated heterocycles. The zero-order chi connectivity index (χ0) is 11.4. The summed E-state index contributed by atoms with van der Waals surface area (Å²) in [5, 5.41) is 9.64. The molecule has 0 saturated carbocycles. The predicted octanol–water partition coefficient (Wildman–Crippen LogP) is 1.32. The van der Waals surface area contributed by atoms with Gasteiger partial charge in [0, 0.05) is 12.6 Å². The molecule has 3 heteroatoms. The van der Waals surface area contributed by atoms with E-state index in [1.54, 1.807) is 0 Å². The molecular weight excluding hydrogens is 200 g/mol. The van der Waals surface area contributed by atoms with E-state index in [9.17, 15) is 5.11 Å². The average molecular weight is 226 g/mol. The third kappa shape index (κ3) is 3.19. The van der Waals surface area contributed by atoms with Crippen molar-refractivity contribution in [2.75, 3.05) is 32.7 Å². The first kappa shape index (κ1) is 12.3. The lowest BCUT2D eigenvalue weighted by Crippen LogP contribution is -2.45. The van der Waals surface area contributed by atoms with Gasteiger partial charge in [-0.2, -0.15) is 0 Å². The lowest BCUT2D eigenvalue weighted by Gasteiger charge is -2.37. The molecule has 0 bridgehead atoms. The van der Waals surface area contributed by atoms with Gasteiger partial charge in [-0.05, 0) is 58.3 Å². The average Bonchev–Trinajstić information content (AvgIpc) is 2.83. The van der Waals surface area contributed by atoms with Gasteiger partial charge in [0.2, 0.25) is 0 Å². The van der Waals surface area contributed by atoms with Crippen LogP contribution in [0.3, 0.4) is 0 Å². The Morgan fingerprint density at radius 2 is 1.75 bits per heavy atom. The molecule has 0 aliphatic carbocycles. The molecular formula is C13H26N2O. The van der Waals surface area contributed by atoms with Gasteiger partial charge >= 0.3 is 0 Å². The Morgan fingerprint density at radius 3 is 2.31 bits per heavy atom. The van der Waals surface area contributed by atoms with Crippen molar-refractivity contribution in [2.24, 2.45) is 0 Å². The number of β-amino-alcohol motifs (C(OH)–C–C–N with tert-alkyl or cyclic N) is 1. The van der Waals surface area contributed by atoms with Crippen molar-refractivity contribution in [3.8, 4) is 0 Å². The van der Waals surface area contributed by atoms with E-state index in [0.717, 1.165) is 19.0 Å². The summed E-state index contributed by atoms with van der Waals surface area (Å²) in [6.45, 7) is 7.94. The molecule has 0 radical (unpaired) electrons. The molecule has 0 aromatic heterocycles. The first-order valence-corrected chi connectivity index (χ1v) is 6.94. The second-order valence-electron chi connectivity index (χ2n) is 5.34. The molecule has 1 N–H and O–H groups in total.